The van der Waals surface area contributed by atoms with Crippen molar-refractivity contribution in [2.45, 2.75) is 6.92 Å². The van der Waals surface area contributed by atoms with Crippen LogP contribution in [0.3, 0.4) is 0 Å². The van der Waals surface area contributed by atoms with Crippen LogP contribution in [0.25, 0.3) is 10.9 Å². The van der Waals surface area contributed by atoms with Gasteiger partial charge in [0, 0.05) is 29.7 Å². The molecule has 122 valence electrons. The van der Waals surface area contributed by atoms with E-state index in [1.165, 1.54) is 6.08 Å². The summed E-state index contributed by atoms with van der Waals surface area (Å²) in [5.74, 6) is 0.401. The second-order valence-electron chi connectivity index (χ2n) is 5.09. The van der Waals surface area contributed by atoms with Crippen LogP contribution < -0.4 is 10.1 Å². The van der Waals surface area contributed by atoms with Crippen LogP contribution in [0.1, 0.15) is 16.1 Å². The molecule has 1 amide bonds. The topological polar surface area (TPSA) is 85.4 Å². The van der Waals surface area contributed by atoms with E-state index in [1.54, 1.807) is 32.2 Å². The maximum absolute atomic E-state index is 12.2. The minimum atomic E-state index is -3.19. The third-order valence-electron chi connectivity index (χ3n) is 3.18. The van der Waals surface area contributed by atoms with Crippen LogP contribution in [0, 0.1) is 6.92 Å². The van der Waals surface area contributed by atoms with Crippen molar-refractivity contribution >= 4 is 26.6 Å². The van der Waals surface area contributed by atoms with Crippen LogP contribution in [0.4, 0.5) is 0 Å². The van der Waals surface area contributed by atoms with E-state index >= 15 is 0 Å². The van der Waals surface area contributed by atoms with Crippen molar-refractivity contribution in [2.75, 3.05) is 19.9 Å². The normalized spacial score (nSPS) is 11.8. The van der Waals surface area contributed by atoms with Gasteiger partial charge in [-0.3, -0.25) is 9.78 Å². The second kappa shape index (κ2) is 6.78. The third-order valence-corrected chi connectivity index (χ3v) is 3.87. The van der Waals surface area contributed by atoms with Gasteiger partial charge in [-0.1, -0.05) is 6.08 Å². The number of carbonyl (C=O) groups is 1. The van der Waals surface area contributed by atoms with Gasteiger partial charge in [0.1, 0.15) is 5.75 Å². The number of benzene rings is 1. The number of amides is 1. The van der Waals surface area contributed by atoms with Gasteiger partial charge in [-0.25, -0.2) is 8.42 Å². The Kier molecular flexibility index (Phi) is 5.00. The standard InChI is InChI=1S/C16H18N2O4S/c1-11-14(16(19)17-7-4-8-23(3,20)21)9-12-5-6-13(22-2)10-15(12)18-11/h4-6,8-10H,7H2,1-3H3,(H,17,19)/b8-4+. The molecule has 0 saturated heterocycles. The smallest absolute Gasteiger partial charge is 0.253 e. The number of pyridine rings is 1. The van der Waals surface area contributed by atoms with Crippen LogP contribution in [0.15, 0.2) is 35.7 Å². The van der Waals surface area contributed by atoms with Gasteiger partial charge in [0.25, 0.3) is 5.91 Å². The van der Waals surface area contributed by atoms with Gasteiger partial charge in [-0.2, -0.15) is 0 Å². The second-order valence-corrected chi connectivity index (χ2v) is 7.02. The van der Waals surface area contributed by atoms with Gasteiger partial charge < -0.3 is 10.1 Å². The molecule has 0 fully saturated rings. The first kappa shape index (κ1) is 17.0. The molecular formula is C16H18N2O4S. The number of ether oxygens (including phenoxy) is 1. The quantitative estimate of drug-likeness (QED) is 0.902. The largest absolute Gasteiger partial charge is 0.497 e. The van der Waals surface area contributed by atoms with E-state index in [9.17, 15) is 13.2 Å². The van der Waals surface area contributed by atoms with E-state index < -0.39 is 9.84 Å². The molecule has 0 saturated carbocycles. The summed E-state index contributed by atoms with van der Waals surface area (Å²) in [4.78, 5) is 16.6. The first-order valence-corrected chi connectivity index (χ1v) is 8.86. The minimum Gasteiger partial charge on any atom is -0.497 e. The highest BCUT2D eigenvalue weighted by Crippen LogP contribution is 2.21. The molecule has 0 aliphatic heterocycles. The maximum atomic E-state index is 12.2. The zero-order valence-corrected chi connectivity index (χ0v) is 14.0. The molecule has 2 aromatic rings. The van der Waals surface area contributed by atoms with E-state index in [1.807, 2.05) is 6.07 Å². The lowest BCUT2D eigenvalue weighted by Gasteiger charge is -2.08. The molecule has 0 aliphatic carbocycles. The highest BCUT2D eigenvalue weighted by atomic mass is 32.2. The lowest BCUT2D eigenvalue weighted by atomic mass is 10.1. The molecule has 7 heteroatoms. The van der Waals surface area contributed by atoms with Gasteiger partial charge in [0.15, 0.2) is 9.84 Å². The summed E-state index contributed by atoms with van der Waals surface area (Å²) < 4.78 is 27.1. The Morgan fingerprint density at radius 2 is 2.09 bits per heavy atom. The van der Waals surface area contributed by atoms with Gasteiger partial charge in [-0.05, 0) is 25.1 Å². The van der Waals surface area contributed by atoms with Crippen LogP contribution >= 0.6 is 0 Å². The predicted octanol–water partition coefficient (Wildman–Crippen LogP) is 1.84. The summed E-state index contributed by atoms with van der Waals surface area (Å²) in [6.07, 6.45) is 2.49. The van der Waals surface area contributed by atoms with Crippen molar-refractivity contribution < 1.29 is 17.9 Å². The number of hydrogen-bond acceptors (Lipinski definition) is 5. The van der Waals surface area contributed by atoms with E-state index in [0.29, 0.717) is 17.0 Å². The fourth-order valence-corrected chi connectivity index (χ4v) is 2.52. The fraction of sp³-hybridized carbons (Fsp3) is 0.250. The number of sulfone groups is 1. The van der Waals surface area contributed by atoms with E-state index in [2.05, 4.69) is 10.3 Å². The predicted molar refractivity (Wildman–Crippen MR) is 89.3 cm³/mol. The SMILES string of the molecule is COc1ccc2cc(C(=O)NC/C=C/S(C)(=O)=O)c(C)nc2c1. The Bertz CT molecular complexity index is 873. The summed E-state index contributed by atoms with van der Waals surface area (Å²) in [5, 5.41) is 4.53. The van der Waals surface area contributed by atoms with Gasteiger partial charge in [0.05, 0.1) is 23.9 Å². The van der Waals surface area contributed by atoms with Crippen molar-refractivity contribution in [3.63, 3.8) is 0 Å². The number of hydrogen-bond donors (Lipinski definition) is 1. The number of nitrogens with one attached hydrogen (secondary N) is 1. The highest BCUT2D eigenvalue weighted by molar-refractivity contribution is 7.93. The Labute approximate surface area is 135 Å². The summed E-state index contributed by atoms with van der Waals surface area (Å²) in [7, 11) is -1.60. The summed E-state index contributed by atoms with van der Waals surface area (Å²) in [6, 6.07) is 7.20. The molecule has 1 N–H and O–H groups in total. The Balaban J connectivity index is 2.20. The molecular weight excluding hydrogens is 316 g/mol. The van der Waals surface area contributed by atoms with E-state index in [4.69, 9.17) is 4.74 Å². The van der Waals surface area contributed by atoms with Gasteiger partial charge in [-0.15, -0.1) is 0 Å². The molecule has 0 bridgehead atoms. The average Bonchev–Trinajstić information content (AvgIpc) is 2.49. The summed E-state index contributed by atoms with van der Waals surface area (Å²) >= 11 is 0. The molecule has 0 unspecified atom stereocenters. The number of nitrogens with zero attached hydrogens (tertiary/aromatic N) is 1. The molecule has 6 nitrogen and oxygen atoms in total. The number of methoxy groups -OCH3 is 1. The first-order valence-electron chi connectivity index (χ1n) is 6.90. The number of carbonyl (C=O) groups excluding carboxylic acids is 1. The molecule has 1 aromatic heterocycles. The molecule has 23 heavy (non-hydrogen) atoms. The van der Waals surface area contributed by atoms with Crippen molar-refractivity contribution in [3.8, 4) is 5.75 Å². The monoisotopic (exact) mass is 334 g/mol. The van der Waals surface area contributed by atoms with Crippen LogP contribution in [0.5, 0.6) is 5.75 Å². The Hall–Kier alpha value is -2.41. The number of fused-ring (bicyclic) bond motifs is 1. The number of rotatable bonds is 5. The fourth-order valence-electron chi connectivity index (χ4n) is 2.07. The van der Waals surface area contributed by atoms with Gasteiger partial charge >= 0.3 is 0 Å². The van der Waals surface area contributed by atoms with Crippen molar-refractivity contribution in [1.82, 2.24) is 10.3 Å². The lowest BCUT2D eigenvalue weighted by Crippen LogP contribution is -2.24. The first-order chi connectivity index (χ1) is 10.8. The molecule has 1 heterocycles. The Morgan fingerprint density at radius 3 is 2.74 bits per heavy atom. The molecule has 1 aromatic carbocycles. The minimum absolute atomic E-state index is 0.131. The highest BCUT2D eigenvalue weighted by Gasteiger charge is 2.11. The molecule has 0 atom stereocenters. The van der Waals surface area contributed by atoms with Gasteiger partial charge in [0.2, 0.25) is 0 Å². The zero-order chi connectivity index (χ0) is 17.0. The van der Waals surface area contributed by atoms with E-state index in [-0.39, 0.29) is 12.5 Å². The van der Waals surface area contributed by atoms with Crippen molar-refractivity contribution in [2.24, 2.45) is 0 Å². The third kappa shape index (κ3) is 4.53. The molecule has 0 radical (unpaired) electrons. The van der Waals surface area contributed by atoms with Crippen molar-refractivity contribution in [3.05, 3.63) is 47.0 Å². The average molecular weight is 334 g/mol. The molecule has 0 aliphatic rings. The maximum Gasteiger partial charge on any atom is 0.253 e. The summed E-state index contributed by atoms with van der Waals surface area (Å²) in [5.41, 5.74) is 1.79. The van der Waals surface area contributed by atoms with Crippen LogP contribution in [0.2, 0.25) is 0 Å². The molecule has 2 rings (SSSR count). The summed E-state index contributed by atoms with van der Waals surface area (Å²) in [6.45, 7) is 1.88. The zero-order valence-electron chi connectivity index (χ0n) is 13.2. The van der Waals surface area contributed by atoms with Crippen LogP contribution in [-0.4, -0.2) is 39.2 Å². The Morgan fingerprint density at radius 1 is 1.35 bits per heavy atom. The molecule has 0 spiro atoms. The van der Waals surface area contributed by atoms with Crippen LogP contribution in [-0.2, 0) is 9.84 Å². The number of aromatic nitrogens is 1. The van der Waals surface area contributed by atoms with E-state index in [0.717, 1.165) is 22.6 Å². The lowest BCUT2D eigenvalue weighted by molar-refractivity contribution is 0.0957. The van der Waals surface area contributed by atoms with Crippen molar-refractivity contribution in [1.29, 1.82) is 0 Å². The number of aryl methyl sites for hydroxylation is 1.